The van der Waals surface area contributed by atoms with Crippen molar-refractivity contribution in [3.05, 3.63) is 0 Å². The fraction of sp³-hybridized carbons (Fsp3) is 0.769. The van der Waals surface area contributed by atoms with Gasteiger partial charge in [0.05, 0.1) is 11.9 Å². The van der Waals surface area contributed by atoms with Crippen molar-refractivity contribution >= 4 is 17.8 Å². The molecule has 0 aromatic carbocycles. The van der Waals surface area contributed by atoms with Crippen LogP contribution in [0.4, 0.5) is 4.79 Å². The Kier molecular flexibility index (Phi) is 4.55. The zero-order valence-corrected chi connectivity index (χ0v) is 12.0. The molecule has 0 bridgehead atoms. The molecule has 1 unspecified atom stereocenters. The van der Waals surface area contributed by atoms with Crippen molar-refractivity contribution in [1.29, 1.82) is 5.41 Å². The van der Waals surface area contributed by atoms with E-state index in [1.54, 1.807) is 0 Å². The minimum Gasteiger partial charge on any atom is -0.447 e. The molecule has 0 radical (unpaired) electrons. The molecule has 1 aliphatic heterocycles. The average molecular weight is 269 g/mol. The summed E-state index contributed by atoms with van der Waals surface area (Å²) >= 11 is 0. The molecule has 0 aromatic rings. The van der Waals surface area contributed by atoms with Crippen LogP contribution in [0, 0.1) is 16.7 Å². The normalized spacial score (nSPS) is 19.7. The maximum absolute atomic E-state index is 12.2. The van der Waals surface area contributed by atoms with E-state index in [-0.39, 0.29) is 36.7 Å². The molecule has 0 aromatic heterocycles. The number of rotatable bonds is 5. The molecule has 1 fully saturated rings. The number of ether oxygens (including phenoxy) is 1. The van der Waals surface area contributed by atoms with Gasteiger partial charge in [-0.1, -0.05) is 27.7 Å². The van der Waals surface area contributed by atoms with Crippen LogP contribution in [0.5, 0.6) is 0 Å². The van der Waals surface area contributed by atoms with Gasteiger partial charge in [-0.3, -0.25) is 10.2 Å². The van der Waals surface area contributed by atoms with Crippen molar-refractivity contribution < 1.29 is 14.3 Å². The molecule has 0 saturated carbocycles. The molecule has 2 amide bonds. The van der Waals surface area contributed by atoms with Crippen molar-refractivity contribution in [2.45, 2.75) is 46.6 Å². The van der Waals surface area contributed by atoms with Crippen LogP contribution in [-0.2, 0) is 9.53 Å². The van der Waals surface area contributed by atoms with Gasteiger partial charge in [-0.2, -0.15) is 0 Å². The first kappa shape index (κ1) is 15.5. The Labute approximate surface area is 113 Å². The summed E-state index contributed by atoms with van der Waals surface area (Å²) in [5.74, 6) is -0.0450. The predicted octanol–water partition coefficient (Wildman–Crippen LogP) is 1.73. The van der Waals surface area contributed by atoms with Crippen molar-refractivity contribution in [3.63, 3.8) is 0 Å². The molecule has 1 saturated heterocycles. The van der Waals surface area contributed by atoms with Gasteiger partial charge in [0, 0.05) is 11.8 Å². The molecule has 3 N–H and O–H groups in total. The van der Waals surface area contributed by atoms with Gasteiger partial charge in [0.15, 0.2) is 0 Å². The van der Waals surface area contributed by atoms with Gasteiger partial charge in [-0.05, 0) is 12.3 Å². The second-order valence-corrected chi connectivity index (χ2v) is 5.95. The summed E-state index contributed by atoms with van der Waals surface area (Å²) in [7, 11) is 0. The number of amides is 2. The van der Waals surface area contributed by atoms with Crippen LogP contribution in [0.1, 0.15) is 40.5 Å². The molecule has 6 heteroatoms. The highest BCUT2D eigenvalue weighted by molar-refractivity contribution is 5.94. The van der Waals surface area contributed by atoms with Gasteiger partial charge in [-0.15, -0.1) is 0 Å². The number of nitrogens with one attached hydrogen (secondary N) is 1. The van der Waals surface area contributed by atoms with E-state index in [0.717, 1.165) is 0 Å². The highest BCUT2D eigenvalue weighted by atomic mass is 16.6. The van der Waals surface area contributed by atoms with E-state index < -0.39 is 11.5 Å². The van der Waals surface area contributed by atoms with Gasteiger partial charge in [-0.25, -0.2) is 9.69 Å². The summed E-state index contributed by atoms with van der Waals surface area (Å²) in [5, 5.41) is 7.46. The number of hydrogen-bond donors (Lipinski definition) is 2. The molecular weight excluding hydrogens is 246 g/mol. The van der Waals surface area contributed by atoms with Crippen molar-refractivity contribution in [2.75, 3.05) is 6.61 Å². The second-order valence-electron chi connectivity index (χ2n) is 5.95. The monoisotopic (exact) mass is 269 g/mol. The molecule has 0 spiro atoms. The first-order valence-corrected chi connectivity index (χ1v) is 6.50. The Balaban J connectivity index is 2.67. The van der Waals surface area contributed by atoms with E-state index in [4.69, 9.17) is 15.9 Å². The predicted molar refractivity (Wildman–Crippen MR) is 71.7 cm³/mol. The van der Waals surface area contributed by atoms with Crippen LogP contribution in [-0.4, -0.2) is 35.4 Å². The maximum atomic E-state index is 12.2. The van der Waals surface area contributed by atoms with Crippen molar-refractivity contribution in [2.24, 2.45) is 17.1 Å². The molecule has 108 valence electrons. The summed E-state index contributed by atoms with van der Waals surface area (Å²) in [5.41, 5.74) is 4.94. The van der Waals surface area contributed by atoms with Crippen molar-refractivity contribution in [1.82, 2.24) is 4.90 Å². The summed E-state index contributed by atoms with van der Waals surface area (Å²) in [6.07, 6.45) is 0.0602. The fourth-order valence-corrected chi connectivity index (χ4v) is 1.89. The third kappa shape index (κ3) is 3.45. The Bertz CT molecular complexity index is 391. The lowest BCUT2D eigenvalue weighted by atomic mass is 9.86. The van der Waals surface area contributed by atoms with E-state index in [1.165, 1.54) is 4.90 Å². The molecular formula is C13H23N3O3. The molecule has 1 heterocycles. The molecule has 6 nitrogen and oxygen atoms in total. The number of cyclic esters (lactones) is 1. The quantitative estimate of drug-likeness (QED) is 0.586. The zero-order chi connectivity index (χ0) is 14.8. The van der Waals surface area contributed by atoms with E-state index in [0.29, 0.717) is 6.42 Å². The van der Waals surface area contributed by atoms with Gasteiger partial charge in [0.2, 0.25) is 5.91 Å². The van der Waals surface area contributed by atoms with E-state index >= 15 is 0 Å². The Morgan fingerprint density at radius 3 is 2.63 bits per heavy atom. The highest BCUT2D eigenvalue weighted by Crippen LogP contribution is 2.25. The zero-order valence-electron chi connectivity index (χ0n) is 12.0. The lowest BCUT2D eigenvalue weighted by Gasteiger charge is -2.26. The third-order valence-electron chi connectivity index (χ3n) is 3.64. The van der Waals surface area contributed by atoms with Gasteiger partial charge in [0.1, 0.15) is 6.61 Å². The van der Waals surface area contributed by atoms with E-state index in [1.807, 2.05) is 27.7 Å². The van der Waals surface area contributed by atoms with E-state index in [2.05, 4.69) is 0 Å². The number of carbonyl (C=O) groups excluding carboxylic acids is 2. The van der Waals surface area contributed by atoms with Crippen LogP contribution in [0.2, 0.25) is 0 Å². The largest absolute Gasteiger partial charge is 0.447 e. The van der Waals surface area contributed by atoms with E-state index in [9.17, 15) is 9.59 Å². The third-order valence-corrected chi connectivity index (χ3v) is 3.64. The van der Waals surface area contributed by atoms with Crippen LogP contribution in [0.15, 0.2) is 0 Å². The summed E-state index contributed by atoms with van der Waals surface area (Å²) in [6.45, 7) is 7.78. The first-order chi connectivity index (χ1) is 8.66. The van der Waals surface area contributed by atoms with Crippen LogP contribution in [0.3, 0.4) is 0 Å². The number of nitrogens with two attached hydrogens (primary N) is 1. The van der Waals surface area contributed by atoms with Gasteiger partial charge < -0.3 is 10.5 Å². The molecule has 1 aliphatic rings. The molecule has 1 rings (SSSR count). The van der Waals surface area contributed by atoms with Crippen molar-refractivity contribution in [3.8, 4) is 0 Å². The fourth-order valence-electron chi connectivity index (χ4n) is 1.89. The summed E-state index contributed by atoms with van der Waals surface area (Å²) < 4.78 is 4.94. The second kappa shape index (κ2) is 5.59. The lowest BCUT2D eigenvalue weighted by molar-refractivity contribution is -0.130. The molecule has 19 heavy (non-hydrogen) atoms. The summed E-state index contributed by atoms with van der Waals surface area (Å²) in [6, 6.07) is -0.194. The van der Waals surface area contributed by atoms with Gasteiger partial charge >= 0.3 is 6.09 Å². The minimum atomic E-state index is -0.565. The maximum Gasteiger partial charge on any atom is 0.416 e. The number of amidine groups is 1. The lowest BCUT2D eigenvalue weighted by Crippen LogP contribution is -2.42. The van der Waals surface area contributed by atoms with Crippen LogP contribution in [0.25, 0.3) is 0 Å². The first-order valence-electron chi connectivity index (χ1n) is 6.50. The Hall–Kier alpha value is -1.59. The number of hydrogen-bond acceptors (Lipinski definition) is 4. The SMILES string of the molecule is CC(C)C1COC(=O)N1C(=O)CCC(C)(C)C(=N)N. The Morgan fingerprint density at radius 1 is 1.58 bits per heavy atom. The Morgan fingerprint density at radius 2 is 2.16 bits per heavy atom. The number of carbonyl (C=O) groups is 2. The van der Waals surface area contributed by atoms with Crippen LogP contribution >= 0.6 is 0 Å². The highest BCUT2D eigenvalue weighted by Gasteiger charge is 2.39. The van der Waals surface area contributed by atoms with Gasteiger partial charge in [0.25, 0.3) is 0 Å². The van der Waals surface area contributed by atoms with Crippen LogP contribution < -0.4 is 5.73 Å². The molecule has 1 atom stereocenters. The topological polar surface area (TPSA) is 96.5 Å². The summed E-state index contributed by atoms with van der Waals surface area (Å²) in [4.78, 5) is 25.0. The smallest absolute Gasteiger partial charge is 0.416 e. The number of nitrogens with zero attached hydrogens (tertiary/aromatic N) is 1. The molecule has 0 aliphatic carbocycles. The standard InChI is InChI=1S/C13H23N3O3/c1-8(2)9-7-19-12(18)16(9)10(17)5-6-13(3,4)11(14)15/h8-9H,5-7H2,1-4H3,(H3,14,15). The average Bonchev–Trinajstić information content (AvgIpc) is 2.68. The number of imide groups is 1. The minimum absolute atomic E-state index is 0.0460.